The van der Waals surface area contributed by atoms with Crippen LogP contribution in [0.5, 0.6) is 11.5 Å². The lowest BCUT2D eigenvalue weighted by atomic mass is 10.1. The summed E-state index contributed by atoms with van der Waals surface area (Å²) in [7, 11) is 1.66. The number of nitrogens with zero attached hydrogens (tertiary/aromatic N) is 1. The van der Waals surface area contributed by atoms with Crippen molar-refractivity contribution in [2.75, 3.05) is 13.7 Å². The molecule has 0 aliphatic heterocycles. The van der Waals surface area contributed by atoms with E-state index in [0.717, 1.165) is 40.7 Å². The van der Waals surface area contributed by atoms with Crippen molar-refractivity contribution in [1.82, 2.24) is 10.3 Å². The van der Waals surface area contributed by atoms with E-state index in [-0.39, 0.29) is 6.04 Å². The number of thiazole rings is 1. The van der Waals surface area contributed by atoms with Crippen LogP contribution >= 0.6 is 22.7 Å². The molecule has 2 aromatic heterocycles. The summed E-state index contributed by atoms with van der Waals surface area (Å²) in [6.45, 7) is 5.38. The van der Waals surface area contributed by atoms with Crippen molar-refractivity contribution >= 4 is 22.7 Å². The van der Waals surface area contributed by atoms with Crippen LogP contribution in [0.1, 0.15) is 34.8 Å². The number of aryl methyl sites for hydroxylation is 1. The molecule has 3 aromatic rings. The maximum atomic E-state index is 5.69. The van der Waals surface area contributed by atoms with Gasteiger partial charge in [-0.1, -0.05) is 6.07 Å². The molecule has 1 aromatic carbocycles. The standard InChI is InChI=1S/C20H24N2O2S2/c1-4-24-19-10-15(5-6-18(19)23-3)11-21-17(9-16-7-8-25-13-16)20-22-14(2)12-26-20/h5-8,10,12-13,17,21H,4,9,11H2,1-3H3/t17-/m1/s1. The number of hydrogen-bond donors (Lipinski definition) is 1. The lowest BCUT2D eigenvalue weighted by Gasteiger charge is -2.17. The summed E-state index contributed by atoms with van der Waals surface area (Å²) in [4.78, 5) is 4.69. The van der Waals surface area contributed by atoms with E-state index in [4.69, 9.17) is 14.5 Å². The monoisotopic (exact) mass is 388 g/mol. The van der Waals surface area contributed by atoms with E-state index in [2.05, 4.69) is 33.6 Å². The Balaban J connectivity index is 1.74. The minimum atomic E-state index is 0.195. The number of nitrogens with one attached hydrogen (secondary N) is 1. The highest BCUT2D eigenvalue weighted by Crippen LogP contribution is 2.29. The number of rotatable bonds is 9. The Morgan fingerprint density at radius 1 is 1.15 bits per heavy atom. The van der Waals surface area contributed by atoms with Gasteiger partial charge in [0.2, 0.25) is 0 Å². The second-order valence-corrected chi connectivity index (χ2v) is 7.68. The van der Waals surface area contributed by atoms with Gasteiger partial charge < -0.3 is 14.8 Å². The third-order valence-corrected chi connectivity index (χ3v) is 5.84. The Morgan fingerprint density at radius 3 is 2.69 bits per heavy atom. The third kappa shape index (κ3) is 4.84. The van der Waals surface area contributed by atoms with Gasteiger partial charge in [-0.2, -0.15) is 11.3 Å². The fourth-order valence-electron chi connectivity index (χ4n) is 2.76. The highest BCUT2D eigenvalue weighted by Gasteiger charge is 2.16. The van der Waals surface area contributed by atoms with E-state index in [1.807, 2.05) is 26.0 Å². The number of aromatic nitrogens is 1. The SMILES string of the molecule is CCOc1cc(CN[C@H](Cc2ccsc2)c2nc(C)cs2)ccc1OC. The molecule has 0 saturated carbocycles. The van der Waals surface area contributed by atoms with E-state index in [1.165, 1.54) is 5.56 Å². The van der Waals surface area contributed by atoms with Crippen LogP contribution in [-0.4, -0.2) is 18.7 Å². The maximum absolute atomic E-state index is 5.69. The molecule has 1 atom stereocenters. The smallest absolute Gasteiger partial charge is 0.161 e. The van der Waals surface area contributed by atoms with Crippen molar-refractivity contribution in [2.24, 2.45) is 0 Å². The quantitative estimate of drug-likeness (QED) is 0.560. The molecule has 0 bridgehead atoms. The van der Waals surface area contributed by atoms with Crippen LogP contribution in [0, 0.1) is 6.92 Å². The molecule has 4 nitrogen and oxygen atoms in total. The van der Waals surface area contributed by atoms with Gasteiger partial charge in [-0.05, 0) is 60.4 Å². The molecule has 26 heavy (non-hydrogen) atoms. The average molecular weight is 389 g/mol. The summed E-state index contributed by atoms with van der Waals surface area (Å²) in [6, 6.07) is 8.46. The Labute approximate surface area is 162 Å². The topological polar surface area (TPSA) is 43.4 Å². The van der Waals surface area contributed by atoms with Crippen LogP contribution in [0.3, 0.4) is 0 Å². The zero-order valence-corrected chi connectivity index (χ0v) is 17.0. The Hall–Kier alpha value is -1.89. The number of benzene rings is 1. The van der Waals surface area contributed by atoms with Crippen LogP contribution in [-0.2, 0) is 13.0 Å². The molecule has 6 heteroatoms. The first-order valence-corrected chi connectivity index (χ1v) is 10.5. The first-order chi connectivity index (χ1) is 12.7. The third-order valence-electron chi connectivity index (χ3n) is 4.04. The van der Waals surface area contributed by atoms with Gasteiger partial charge in [0.1, 0.15) is 5.01 Å². The summed E-state index contributed by atoms with van der Waals surface area (Å²) >= 11 is 3.45. The van der Waals surface area contributed by atoms with Crippen LogP contribution in [0.4, 0.5) is 0 Å². The van der Waals surface area contributed by atoms with E-state index in [9.17, 15) is 0 Å². The number of methoxy groups -OCH3 is 1. The van der Waals surface area contributed by atoms with E-state index in [1.54, 1.807) is 29.8 Å². The molecule has 1 N–H and O–H groups in total. The predicted octanol–water partition coefficient (Wildman–Crippen LogP) is 4.99. The predicted molar refractivity (Wildman–Crippen MR) is 109 cm³/mol. The van der Waals surface area contributed by atoms with Crippen molar-refractivity contribution in [3.05, 3.63) is 62.2 Å². The molecule has 0 aliphatic carbocycles. The number of thiophene rings is 1. The Kier molecular flexibility index (Phi) is 6.66. The molecule has 3 rings (SSSR count). The maximum Gasteiger partial charge on any atom is 0.161 e. The molecule has 0 amide bonds. The minimum absolute atomic E-state index is 0.195. The molecule has 0 spiro atoms. The van der Waals surface area contributed by atoms with Crippen LogP contribution < -0.4 is 14.8 Å². The van der Waals surface area contributed by atoms with Crippen molar-refractivity contribution in [1.29, 1.82) is 0 Å². The molecule has 0 fully saturated rings. The van der Waals surface area contributed by atoms with Gasteiger partial charge in [0.15, 0.2) is 11.5 Å². The van der Waals surface area contributed by atoms with Crippen LogP contribution in [0.25, 0.3) is 0 Å². The van der Waals surface area contributed by atoms with E-state index >= 15 is 0 Å². The largest absolute Gasteiger partial charge is 0.493 e. The van der Waals surface area contributed by atoms with Crippen molar-refractivity contribution in [2.45, 2.75) is 32.9 Å². The van der Waals surface area contributed by atoms with E-state index < -0.39 is 0 Å². The highest BCUT2D eigenvalue weighted by atomic mass is 32.1. The summed E-state index contributed by atoms with van der Waals surface area (Å²) in [5.41, 5.74) is 3.58. The molecule has 0 saturated heterocycles. The zero-order chi connectivity index (χ0) is 18.4. The summed E-state index contributed by atoms with van der Waals surface area (Å²) in [6.07, 6.45) is 0.935. The van der Waals surface area contributed by atoms with Crippen molar-refractivity contribution in [3.63, 3.8) is 0 Å². The number of ether oxygens (including phenoxy) is 2. The van der Waals surface area contributed by atoms with Gasteiger partial charge in [-0.3, -0.25) is 0 Å². The second kappa shape index (κ2) is 9.16. The van der Waals surface area contributed by atoms with Gasteiger partial charge in [0.25, 0.3) is 0 Å². The minimum Gasteiger partial charge on any atom is -0.493 e. The molecular formula is C20H24N2O2S2. The Morgan fingerprint density at radius 2 is 2.04 bits per heavy atom. The normalized spacial score (nSPS) is 12.1. The van der Waals surface area contributed by atoms with Gasteiger partial charge in [0.05, 0.1) is 19.8 Å². The van der Waals surface area contributed by atoms with Gasteiger partial charge >= 0.3 is 0 Å². The van der Waals surface area contributed by atoms with Crippen LogP contribution in [0.2, 0.25) is 0 Å². The van der Waals surface area contributed by atoms with E-state index in [0.29, 0.717) is 6.61 Å². The van der Waals surface area contributed by atoms with Gasteiger partial charge in [-0.25, -0.2) is 4.98 Å². The Bertz CT molecular complexity index is 815. The van der Waals surface area contributed by atoms with Crippen molar-refractivity contribution < 1.29 is 9.47 Å². The number of hydrogen-bond acceptors (Lipinski definition) is 6. The van der Waals surface area contributed by atoms with Crippen molar-refractivity contribution in [3.8, 4) is 11.5 Å². The molecule has 0 radical (unpaired) electrons. The van der Waals surface area contributed by atoms with Gasteiger partial charge in [-0.15, -0.1) is 11.3 Å². The summed E-state index contributed by atoms with van der Waals surface area (Å²) in [5.74, 6) is 1.55. The average Bonchev–Trinajstić information content (AvgIpc) is 3.30. The first kappa shape index (κ1) is 18.9. The summed E-state index contributed by atoms with van der Waals surface area (Å²) < 4.78 is 11.1. The molecule has 0 unspecified atom stereocenters. The fourth-order valence-corrected chi connectivity index (χ4v) is 4.32. The highest BCUT2D eigenvalue weighted by molar-refractivity contribution is 7.09. The first-order valence-electron chi connectivity index (χ1n) is 8.65. The second-order valence-electron chi connectivity index (χ2n) is 6.01. The zero-order valence-electron chi connectivity index (χ0n) is 15.3. The molecule has 2 heterocycles. The fraction of sp³-hybridized carbons (Fsp3) is 0.350. The van der Waals surface area contributed by atoms with Gasteiger partial charge in [0, 0.05) is 17.6 Å². The van der Waals surface area contributed by atoms with Crippen LogP contribution in [0.15, 0.2) is 40.4 Å². The molecule has 138 valence electrons. The lowest BCUT2D eigenvalue weighted by molar-refractivity contribution is 0.310. The molecule has 0 aliphatic rings. The lowest BCUT2D eigenvalue weighted by Crippen LogP contribution is -2.23. The summed E-state index contributed by atoms with van der Waals surface area (Å²) in [5, 5.41) is 11.2. The molecular weight excluding hydrogens is 364 g/mol.